The summed E-state index contributed by atoms with van der Waals surface area (Å²) >= 11 is 0. The maximum Gasteiger partial charge on any atom is 0.131 e. The third-order valence-corrected chi connectivity index (χ3v) is 6.01. The molecule has 1 aromatic heterocycles. The van der Waals surface area contributed by atoms with Gasteiger partial charge in [-0.25, -0.2) is 9.97 Å². The topological polar surface area (TPSA) is 29.0 Å². The van der Waals surface area contributed by atoms with Gasteiger partial charge in [0.05, 0.1) is 5.69 Å². The molecule has 2 saturated carbocycles. The second-order valence-electron chi connectivity index (χ2n) is 7.67. The molecule has 3 heteroatoms. The van der Waals surface area contributed by atoms with Crippen molar-refractivity contribution >= 4 is 0 Å². The van der Waals surface area contributed by atoms with E-state index in [-0.39, 0.29) is 0 Å². The third-order valence-electron chi connectivity index (χ3n) is 6.01. The van der Waals surface area contributed by atoms with Gasteiger partial charge in [0.25, 0.3) is 0 Å². The van der Waals surface area contributed by atoms with Gasteiger partial charge in [-0.05, 0) is 43.6 Å². The number of aromatic nitrogens is 2. The van der Waals surface area contributed by atoms with Crippen molar-refractivity contribution in [1.82, 2.24) is 14.9 Å². The van der Waals surface area contributed by atoms with Crippen molar-refractivity contribution in [2.24, 2.45) is 5.92 Å². The summed E-state index contributed by atoms with van der Waals surface area (Å²) in [5.74, 6) is 2.71. The Labute approximate surface area is 134 Å². The van der Waals surface area contributed by atoms with Crippen molar-refractivity contribution in [1.29, 1.82) is 0 Å². The molecule has 0 aromatic carbocycles. The van der Waals surface area contributed by atoms with Gasteiger partial charge in [0.2, 0.25) is 0 Å². The van der Waals surface area contributed by atoms with Gasteiger partial charge in [-0.2, -0.15) is 0 Å². The van der Waals surface area contributed by atoms with Crippen LogP contribution in [0.3, 0.4) is 0 Å². The fourth-order valence-electron chi connectivity index (χ4n) is 4.64. The highest BCUT2D eigenvalue weighted by Crippen LogP contribution is 2.32. The standard InChI is InChI=1S/C19H29N3/c1-2-8-16(9-3-1)19-20-12-17-10-11-22(14-18(17)21-19)13-15-6-4-5-7-15/h12,15-16H,1-11,13-14H2. The smallest absolute Gasteiger partial charge is 0.131 e. The van der Waals surface area contributed by atoms with E-state index in [9.17, 15) is 0 Å². The molecule has 0 N–H and O–H groups in total. The zero-order valence-corrected chi connectivity index (χ0v) is 13.8. The molecule has 0 saturated heterocycles. The molecule has 4 rings (SSSR count). The highest BCUT2D eigenvalue weighted by atomic mass is 15.1. The van der Waals surface area contributed by atoms with Crippen molar-refractivity contribution in [3.05, 3.63) is 23.3 Å². The minimum Gasteiger partial charge on any atom is -0.297 e. The average Bonchev–Trinajstić information content (AvgIpc) is 3.08. The first-order valence-corrected chi connectivity index (χ1v) is 9.45. The highest BCUT2D eigenvalue weighted by molar-refractivity contribution is 5.21. The van der Waals surface area contributed by atoms with Gasteiger partial charge in [0.15, 0.2) is 0 Å². The Morgan fingerprint density at radius 3 is 2.59 bits per heavy atom. The van der Waals surface area contributed by atoms with Crippen molar-refractivity contribution in [2.75, 3.05) is 13.1 Å². The quantitative estimate of drug-likeness (QED) is 0.842. The predicted molar refractivity (Wildman–Crippen MR) is 88.8 cm³/mol. The van der Waals surface area contributed by atoms with Crippen LogP contribution in [0.2, 0.25) is 0 Å². The van der Waals surface area contributed by atoms with Crippen LogP contribution in [0.5, 0.6) is 0 Å². The Morgan fingerprint density at radius 2 is 1.77 bits per heavy atom. The highest BCUT2D eigenvalue weighted by Gasteiger charge is 2.25. The zero-order chi connectivity index (χ0) is 14.8. The van der Waals surface area contributed by atoms with Gasteiger partial charge in [0.1, 0.15) is 5.82 Å². The number of hydrogen-bond acceptors (Lipinski definition) is 3. The summed E-state index contributed by atoms with van der Waals surface area (Å²) in [6.07, 6.45) is 15.8. The van der Waals surface area contributed by atoms with E-state index in [2.05, 4.69) is 11.1 Å². The zero-order valence-electron chi connectivity index (χ0n) is 13.8. The van der Waals surface area contributed by atoms with Crippen LogP contribution in [-0.2, 0) is 13.0 Å². The number of nitrogens with zero attached hydrogens (tertiary/aromatic N) is 3. The summed E-state index contributed by atoms with van der Waals surface area (Å²) < 4.78 is 0. The summed E-state index contributed by atoms with van der Waals surface area (Å²) in [4.78, 5) is 12.4. The molecule has 2 heterocycles. The molecule has 2 aliphatic carbocycles. The van der Waals surface area contributed by atoms with Gasteiger partial charge >= 0.3 is 0 Å². The van der Waals surface area contributed by atoms with E-state index >= 15 is 0 Å². The molecule has 3 nitrogen and oxygen atoms in total. The summed E-state index contributed by atoms with van der Waals surface area (Å²) in [7, 11) is 0. The predicted octanol–water partition coefficient (Wildman–Crippen LogP) is 4.07. The van der Waals surface area contributed by atoms with Crippen molar-refractivity contribution < 1.29 is 0 Å². The van der Waals surface area contributed by atoms with E-state index in [1.807, 2.05) is 0 Å². The van der Waals surface area contributed by atoms with Gasteiger partial charge < -0.3 is 0 Å². The van der Waals surface area contributed by atoms with E-state index in [1.54, 1.807) is 0 Å². The third kappa shape index (κ3) is 3.19. The summed E-state index contributed by atoms with van der Waals surface area (Å²) in [5, 5.41) is 0. The number of hydrogen-bond donors (Lipinski definition) is 0. The number of rotatable bonds is 3. The van der Waals surface area contributed by atoms with Crippen LogP contribution < -0.4 is 0 Å². The molecule has 0 unspecified atom stereocenters. The molecule has 0 bridgehead atoms. The molecule has 22 heavy (non-hydrogen) atoms. The lowest BCUT2D eigenvalue weighted by molar-refractivity contribution is 0.210. The molecular weight excluding hydrogens is 270 g/mol. The first-order valence-electron chi connectivity index (χ1n) is 9.45. The Kier molecular flexibility index (Phi) is 4.42. The van der Waals surface area contributed by atoms with Crippen LogP contribution in [0.15, 0.2) is 6.20 Å². The van der Waals surface area contributed by atoms with E-state index in [0.717, 1.165) is 24.7 Å². The molecular formula is C19H29N3. The molecule has 1 aliphatic heterocycles. The lowest BCUT2D eigenvalue weighted by Crippen LogP contribution is -2.35. The summed E-state index contributed by atoms with van der Waals surface area (Å²) in [5.41, 5.74) is 2.74. The molecule has 0 amide bonds. The lowest BCUT2D eigenvalue weighted by Gasteiger charge is -2.30. The molecule has 2 fully saturated rings. The summed E-state index contributed by atoms with van der Waals surface area (Å²) in [6.45, 7) is 3.56. The summed E-state index contributed by atoms with van der Waals surface area (Å²) in [6, 6.07) is 0. The maximum atomic E-state index is 5.01. The van der Waals surface area contributed by atoms with Crippen LogP contribution in [0.25, 0.3) is 0 Å². The first kappa shape index (κ1) is 14.6. The first-order chi connectivity index (χ1) is 10.9. The van der Waals surface area contributed by atoms with E-state index in [1.165, 1.54) is 82.1 Å². The molecule has 0 radical (unpaired) electrons. The van der Waals surface area contributed by atoms with E-state index in [4.69, 9.17) is 9.97 Å². The molecule has 0 atom stereocenters. The Hall–Kier alpha value is -0.960. The van der Waals surface area contributed by atoms with Gasteiger partial charge in [-0.1, -0.05) is 32.1 Å². The van der Waals surface area contributed by atoms with Crippen LogP contribution in [-0.4, -0.2) is 28.0 Å². The van der Waals surface area contributed by atoms with Crippen molar-refractivity contribution in [3.8, 4) is 0 Å². The minimum atomic E-state index is 0.629. The maximum absolute atomic E-state index is 5.01. The minimum absolute atomic E-state index is 0.629. The van der Waals surface area contributed by atoms with Crippen LogP contribution in [0, 0.1) is 5.92 Å². The normalized spacial score (nSPS) is 24.5. The largest absolute Gasteiger partial charge is 0.297 e. The molecule has 120 valence electrons. The molecule has 0 spiro atoms. The fourth-order valence-corrected chi connectivity index (χ4v) is 4.64. The molecule has 3 aliphatic rings. The Morgan fingerprint density at radius 1 is 1.00 bits per heavy atom. The van der Waals surface area contributed by atoms with Crippen LogP contribution in [0.4, 0.5) is 0 Å². The lowest BCUT2D eigenvalue weighted by atomic mass is 9.88. The van der Waals surface area contributed by atoms with Crippen LogP contribution >= 0.6 is 0 Å². The average molecular weight is 299 g/mol. The van der Waals surface area contributed by atoms with Crippen molar-refractivity contribution in [3.63, 3.8) is 0 Å². The number of fused-ring (bicyclic) bond motifs is 1. The monoisotopic (exact) mass is 299 g/mol. The Balaban J connectivity index is 1.45. The van der Waals surface area contributed by atoms with Crippen LogP contribution in [0.1, 0.15) is 80.8 Å². The second kappa shape index (κ2) is 6.66. The van der Waals surface area contributed by atoms with Gasteiger partial charge in [-0.3, -0.25) is 4.90 Å². The van der Waals surface area contributed by atoms with Crippen molar-refractivity contribution in [2.45, 2.75) is 76.7 Å². The SMILES string of the molecule is c1nc(C2CCCCC2)nc2c1CCN(CC1CCCC1)C2. The van der Waals surface area contributed by atoms with E-state index < -0.39 is 0 Å². The Bertz CT molecular complexity index is 501. The van der Waals surface area contributed by atoms with Gasteiger partial charge in [0, 0.05) is 31.7 Å². The van der Waals surface area contributed by atoms with E-state index in [0.29, 0.717) is 5.92 Å². The fraction of sp³-hybridized carbons (Fsp3) is 0.789. The molecule has 1 aromatic rings. The second-order valence-corrected chi connectivity index (χ2v) is 7.67. The van der Waals surface area contributed by atoms with Gasteiger partial charge in [-0.15, -0.1) is 0 Å².